The number of aryl methyl sites for hydroxylation is 1. The quantitative estimate of drug-likeness (QED) is 0.625. The lowest BCUT2D eigenvalue weighted by Crippen LogP contribution is -2.27. The van der Waals surface area contributed by atoms with Gasteiger partial charge in [-0.05, 0) is 47.9 Å². The minimum absolute atomic E-state index is 0.00278. The average molecular weight is 410 g/mol. The first-order valence-corrected chi connectivity index (χ1v) is 10.4. The third kappa shape index (κ3) is 4.41. The Morgan fingerprint density at radius 2 is 2.17 bits per heavy atom. The molecule has 1 aromatic heterocycles. The van der Waals surface area contributed by atoms with E-state index < -0.39 is 0 Å². The highest BCUT2D eigenvalue weighted by molar-refractivity contribution is 7.15. The third-order valence-corrected chi connectivity index (χ3v) is 5.92. The van der Waals surface area contributed by atoms with Gasteiger partial charge in [0.05, 0.1) is 16.5 Å². The summed E-state index contributed by atoms with van der Waals surface area (Å²) in [5.74, 6) is 0.757. The van der Waals surface area contributed by atoms with Crippen molar-refractivity contribution in [3.63, 3.8) is 0 Å². The first kappa shape index (κ1) is 19.4. The number of aromatic nitrogens is 1. The van der Waals surface area contributed by atoms with Gasteiger partial charge in [0.2, 0.25) is 0 Å². The van der Waals surface area contributed by atoms with Crippen LogP contribution in [0, 0.1) is 6.92 Å². The second kappa shape index (κ2) is 8.63. The molecule has 0 radical (unpaired) electrons. The van der Waals surface area contributed by atoms with Crippen LogP contribution in [0.2, 0.25) is 0 Å². The Balaban J connectivity index is 1.53. The highest BCUT2D eigenvalue weighted by atomic mass is 32.1. The first-order valence-electron chi connectivity index (χ1n) is 9.58. The van der Waals surface area contributed by atoms with E-state index in [4.69, 9.17) is 9.84 Å². The van der Waals surface area contributed by atoms with Crippen molar-refractivity contribution in [2.24, 2.45) is 0 Å². The van der Waals surface area contributed by atoms with Gasteiger partial charge in [-0.1, -0.05) is 18.2 Å². The predicted octanol–water partition coefficient (Wildman–Crippen LogP) is 3.61. The zero-order valence-electron chi connectivity index (χ0n) is 16.2. The van der Waals surface area contributed by atoms with Gasteiger partial charge in [0.25, 0.3) is 0 Å². The minimum Gasteiger partial charge on any atom is -0.491 e. The molecule has 2 amide bonds. The Morgan fingerprint density at radius 3 is 2.97 bits per heavy atom. The van der Waals surface area contributed by atoms with E-state index in [9.17, 15) is 4.79 Å². The number of amides is 2. The molecule has 2 aromatic carbocycles. The van der Waals surface area contributed by atoms with Crippen LogP contribution in [-0.4, -0.2) is 42.4 Å². The van der Waals surface area contributed by atoms with E-state index in [2.05, 4.69) is 17.2 Å². The van der Waals surface area contributed by atoms with Crippen LogP contribution >= 0.6 is 11.3 Å². The van der Waals surface area contributed by atoms with E-state index in [1.807, 2.05) is 48.7 Å². The molecule has 0 bridgehead atoms. The molecule has 2 heterocycles. The van der Waals surface area contributed by atoms with Crippen LogP contribution in [0.5, 0.6) is 5.75 Å². The van der Waals surface area contributed by atoms with Gasteiger partial charge in [-0.3, -0.25) is 4.90 Å². The number of rotatable bonds is 7. The normalized spacial score (nSPS) is 13.6. The van der Waals surface area contributed by atoms with Crippen LogP contribution in [0.3, 0.4) is 0 Å². The number of aliphatic hydroxyl groups is 1. The van der Waals surface area contributed by atoms with E-state index in [-0.39, 0.29) is 19.2 Å². The fourth-order valence-corrected chi connectivity index (χ4v) is 4.26. The number of carbonyl (C=O) groups excluding carboxylic acids is 1. The van der Waals surface area contributed by atoms with E-state index in [1.165, 1.54) is 5.56 Å². The Labute approximate surface area is 173 Å². The smallest absolute Gasteiger partial charge is 0.321 e. The van der Waals surface area contributed by atoms with Crippen molar-refractivity contribution in [2.75, 3.05) is 31.2 Å². The molecule has 3 aromatic rings. The van der Waals surface area contributed by atoms with Crippen LogP contribution in [-0.2, 0) is 6.42 Å². The maximum atomic E-state index is 11.9. The molecule has 4 rings (SSSR count). The summed E-state index contributed by atoms with van der Waals surface area (Å²) in [6.45, 7) is 3.72. The molecule has 1 aliphatic rings. The Kier molecular flexibility index (Phi) is 5.78. The molecule has 1 fully saturated rings. The third-order valence-electron chi connectivity index (χ3n) is 4.87. The van der Waals surface area contributed by atoms with Crippen LogP contribution in [0.1, 0.15) is 16.1 Å². The van der Waals surface area contributed by atoms with Gasteiger partial charge in [0, 0.05) is 31.4 Å². The molecule has 0 saturated carbocycles. The van der Waals surface area contributed by atoms with Crippen molar-refractivity contribution in [3.05, 3.63) is 64.8 Å². The number of nitrogens with zero attached hydrogens (tertiary/aromatic N) is 2. The number of urea groups is 1. The SMILES string of the molecule is Cc1ccc(OCCO)cc1Cc1ncc(-c2cccc(N3CCNC3=O)c2)s1. The number of nitrogens with one attached hydrogen (secondary N) is 1. The summed E-state index contributed by atoms with van der Waals surface area (Å²) >= 11 is 1.65. The predicted molar refractivity (Wildman–Crippen MR) is 115 cm³/mol. The van der Waals surface area contributed by atoms with E-state index >= 15 is 0 Å². The maximum absolute atomic E-state index is 11.9. The topological polar surface area (TPSA) is 74.7 Å². The van der Waals surface area contributed by atoms with Gasteiger partial charge < -0.3 is 15.2 Å². The van der Waals surface area contributed by atoms with Crippen LogP contribution in [0.25, 0.3) is 10.4 Å². The Hall–Kier alpha value is -2.90. The summed E-state index contributed by atoms with van der Waals surface area (Å²) in [6, 6.07) is 13.9. The molecule has 0 aliphatic carbocycles. The van der Waals surface area contributed by atoms with Crippen molar-refractivity contribution in [2.45, 2.75) is 13.3 Å². The monoisotopic (exact) mass is 409 g/mol. The van der Waals surface area contributed by atoms with E-state index in [0.717, 1.165) is 38.9 Å². The number of hydrogen-bond donors (Lipinski definition) is 2. The first-order chi connectivity index (χ1) is 14.1. The lowest BCUT2D eigenvalue weighted by Gasteiger charge is -2.14. The van der Waals surface area contributed by atoms with Crippen LogP contribution in [0.4, 0.5) is 10.5 Å². The number of aliphatic hydroxyl groups excluding tert-OH is 1. The average Bonchev–Trinajstić information content (AvgIpc) is 3.38. The van der Waals surface area contributed by atoms with Gasteiger partial charge >= 0.3 is 6.03 Å². The highest BCUT2D eigenvalue weighted by Crippen LogP contribution is 2.31. The highest BCUT2D eigenvalue weighted by Gasteiger charge is 2.21. The molecule has 1 saturated heterocycles. The van der Waals surface area contributed by atoms with Gasteiger partial charge in [-0.25, -0.2) is 9.78 Å². The second-order valence-corrected chi connectivity index (χ2v) is 8.00. The molecule has 29 heavy (non-hydrogen) atoms. The number of benzene rings is 2. The number of hydrogen-bond acceptors (Lipinski definition) is 5. The van der Waals surface area contributed by atoms with Gasteiger partial charge in [-0.15, -0.1) is 11.3 Å². The molecule has 150 valence electrons. The Morgan fingerprint density at radius 1 is 1.28 bits per heavy atom. The summed E-state index contributed by atoms with van der Waals surface area (Å²) in [7, 11) is 0. The van der Waals surface area contributed by atoms with Crippen molar-refractivity contribution < 1.29 is 14.6 Å². The minimum atomic E-state index is -0.0501. The second-order valence-electron chi connectivity index (χ2n) is 6.89. The largest absolute Gasteiger partial charge is 0.491 e. The summed E-state index contributed by atoms with van der Waals surface area (Å²) in [5, 5.41) is 12.8. The molecule has 1 aliphatic heterocycles. The van der Waals surface area contributed by atoms with Crippen molar-refractivity contribution in [1.29, 1.82) is 0 Å². The molecule has 0 atom stereocenters. The summed E-state index contributed by atoms with van der Waals surface area (Å²) in [4.78, 5) is 19.4. The molecular formula is C22H23N3O3S. The van der Waals surface area contributed by atoms with Crippen molar-refractivity contribution in [3.8, 4) is 16.2 Å². The number of thiazole rings is 1. The lowest BCUT2D eigenvalue weighted by atomic mass is 10.1. The van der Waals surface area contributed by atoms with Crippen LogP contribution < -0.4 is 15.0 Å². The molecule has 0 unspecified atom stereocenters. The Bertz CT molecular complexity index is 1020. The van der Waals surface area contributed by atoms with Gasteiger partial charge in [0.15, 0.2) is 0 Å². The van der Waals surface area contributed by atoms with Gasteiger partial charge in [0.1, 0.15) is 12.4 Å². The summed E-state index contributed by atoms with van der Waals surface area (Å²) in [6.07, 6.45) is 2.62. The molecule has 0 spiro atoms. The number of ether oxygens (including phenoxy) is 1. The van der Waals surface area contributed by atoms with Crippen LogP contribution in [0.15, 0.2) is 48.7 Å². The van der Waals surface area contributed by atoms with E-state index in [0.29, 0.717) is 13.1 Å². The lowest BCUT2D eigenvalue weighted by molar-refractivity contribution is 0.201. The van der Waals surface area contributed by atoms with Gasteiger partial charge in [-0.2, -0.15) is 0 Å². The van der Waals surface area contributed by atoms with E-state index in [1.54, 1.807) is 16.2 Å². The van der Waals surface area contributed by atoms with Crippen molar-refractivity contribution >= 4 is 23.1 Å². The number of anilines is 1. The summed E-state index contributed by atoms with van der Waals surface area (Å²) < 4.78 is 5.53. The molecule has 6 nitrogen and oxygen atoms in total. The maximum Gasteiger partial charge on any atom is 0.321 e. The fourth-order valence-electron chi connectivity index (χ4n) is 3.32. The summed E-state index contributed by atoms with van der Waals surface area (Å²) in [5.41, 5.74) is 4.30. The fraction of sp³-hybridized carbons (Fsp3) is 0.273. The molecule has 2 N–H and O–H groups in total. The zero-order chi connectivity index (χ0) is 20.2. The molecule has 7 heteroatoms. The number of carbonyl (C=O) groups is 1. The molecular weight excluding hydrogens is 386 g/mol. The zero-order valence-corrected chi connectivity index (χ0v) is 17.0. The standard InChI is InChI=1S/C22H23N3O3S/c1-15-5-6-19(28-10-9-26)12-17(15)13-21-24-14-20(29-21)16-3-2-4-18(11-16)25-8-7-23-22(25)27/h2-6,11-12,14,26H,7-10,13H2,1H3,(H,23,27). The van der Waals surface area contributed by atoms with Crippen molar-refractivity contribution in [1.82, 2.24) is 10.3 Å².